The third-order valence-electron chi connectivity index (χ3n) is 3.00. The minimum atomic E-state index is -2.79. The van der Waals surface area contributed by atoms with E-state index in [2.05, 4.69) is 17.0 Å². The predicted molar refractivity (Wildman–Crippen MR) is 71.7 cm³/mol. The van der Waals surface area contributed by atoms with Crippen LogP contribution >= 0.6 is 0 Å². The Balaban J connectivity index is 1.90. The Morgan fingerprint density at radius 3 is 2.50 bits per heavy atom. The molecule has 0 saturated heterocycles. The molecule has 0 spiro atoms. The molecule has 108 valence electrons. The van der Waals surface area contributed by atoms with Crippen LogP contribution in [0.1, 0.15) is 30.7 Å². The summed E-state index contributed by atoms with van der Waals surface area (Å²) < 4.78 is 33.7. The summed E-state index contributed by atoms with van der Waals surface area (Å²) in [5.41, 5.74) is 0.997. The number of nitrogens with one attached hydrogen (secondary N) is 1. The quantitative estimate of drug-likeness (QED) is 0.829. The van der Waals surface area contributed by atoms with Crippen LogP contribution in [-0.2, 0) is 6.54 Å². The topological polar surface area (TPSA) is 34.4 Å². The zero-order valence-corrected chi connectivity index (χ0v) is 11.2. The summed E-state index contributed by atoms with van der Waals surface area (Å²) in [6, 6.07) is 10.5. The lowest BCUT2D eigenvalue weighted by Crippen LogP contribution is -2.19. The molecule has 0 fully saturated rings. The summed E-state index contributed by atoms with van der Waals surface area (Å²) >= 11 is 0. The number of rotatable bonds is 7. The Morgan fingerprint density at radius 1 is 1.20 bits per heavy atom. The van der Waals surface area contributed by atoms with Crippen LogP contribution < -0.4 is 10.1 Å². The van der Waals surface area contributed by atoms with Gasteiger partial charge in [-0.25, -0.2) is 0 Å². The molecule has 1 heterocycles. The molecule has 3 nitrogen and oxygen atoms in total. The highest BCUT2D eigenvalue weighted by Crippen LogP contribution is 2.19. The number of alkyl halides is 2. The third-order valence-corrected chi connectivity index (χ3v) is 3.00. The molecule has 0 amide bonds. The van der Waals surface area contributed by atoms with Crippen molar-refractivity contribution in [2.45, 2.75) is 32.5 Å². The van der Waals surface area contributed by atoms with Gasteiger partial charge in [0.15, 0.2) is 0 Å². The van der Waals surface area contributed by atoms with Gasteiger partial charge in [0, 0.05) is 6.54 Å². The predicted octanol–water partition coefficient (Wildman–Crippen LogP) is 4.12. The summed E-state index contributed by atoms with van der Waals surface area (Å²) in [6.45, 7) is -0.0871. The number of hydrogen-bond donors (Lipinski definition) is 1. The number of benzene rings is 1. The molecule has 2 aromatic rings. The van der Waals surface area contributed by atoms with Crippen molar-refractivity contribution in [2.24, 2.45) is 0 Å². The van der Waals surface area contributed by atoms with Crippen LogP contribution in [0.2, 0.25) is 0 Å². The van der Waals surface area contributed by atoms with E-state index in [-0.39, 0.29) is 11.8 Å². The lowest BCUT2D eigenvalue weighted by molar-refractivity contribution is -0.0498. The van der Waals surface area contributed by atoms with Gasteiger partial charge in [0.2, 0.25) is 0 Å². The van der Waals surface area contributed by atoms with E-state index >= 15 is 0 Å². The maximum absolute atomic E-state index is 12.0. The maximum atomic E-state index is 12.0. The van der Waals surface area contributed by atoms with Gasteiger partial charge in [-0.3, -0.25) is 0 Å². The van der Waals surface area contributed by atoms with E-state index in [0.717, 1.165) is 17.7 Å². The first-order valence-electron chi connectivity index (χ1n) is 6.49. The Morgan fingerprint density at radius 2 is 1.95 bits per heavy atom. The van der Waals surface area contributed by atoms with Crippen molar-refractivity contribution in [2.75, 3.05) is 0 Å². The maximum Gasteiger partial charge on any atom is 0.387 e. The van der Waals surface area contributed by atoms with E-state index in [9.17, 15) is 8.78 Å². The highest BCUT2D eigenvalue weighted by atomic mass is 19.3. The average molecular weight is 281 g/mol. The minimum Gasteiger partial charge on any atom is -0.468 e. The van der Waals surface area contributed by atoms with Crippen molar-refractivity contribution in [3.8, 4) is 5.75 Å². The van der Waals surface area contributed by atoms with Crippen LogP contribution in [0.3, 0.4) is 0 Å². The number of furan rings is 1. The van der Waals surface area contributed by atoms with Crippen molar-refractivity contribution in [1.82, 2.24) is 5.32 Å². The molecule has 5 heteroatoms. The van der Waals surface area contributed by atoms with Crippen molar-refractivity contribution < 1.29 is 17.9 Å². The van der Waals surface area contributed by atoms with Crippen LogP contribution in [0.4, 0.5) is 8.78 Å². The van der Waals surface area contributed by atoms with Crippen molar-refractivity contribution in [1.29, 1.82) is 0 Å². The molecule has 1 aromatic heterocycles. The van der Waals surface area contributed by atoms with Gasteiger partial charge in [-0.15, -0.1) is 0 Å². The summed E-state index contributed by atoms with van der Waals surface area (Å²) in [7, 11) is 0. The molecule has 1 aromatic carbocycles. The molecule has 1 atom stereocenters. The Bertz CT molecular complexity index is 497. The van der Waals surface area contributed by atoms with Crippen LogP contribution in [0.15, 0.2) is 47.1 Å². The van der Waals surface area contributed by atoms with Gasteiger partial charge < -0.3 is 14.5 Å². The summed E-state index contributed by atoms with van der Waals surface area (Å²) in [5.74, 6) is 1.06. The summed E-state index contributed by atoms with van der Waals surface area (Å²) in [5, 5.41) is 3.37. The summed E-state index contributed by atoms with van der Waals surface area (Å²) in [4.78, 5) is 0. The van der Waals surface area contributed by atoms with E-state index < -0.39 is 6.61 Å². The molecule has 1 unspecified atom stereocenters. The zero-order chi connectivity index (χ0) is 14.4. The SMILES string of the molecule is CCC(NCc1ccc(OC(F)F)cc1)c1ccco1. The normalized spacial score (nSPS) is 12.6. The van der Waals surface area contributed by atoms with E-state index in [0.29, 0.717) is 6.54 Å². The minimum absolute atomic E-state index is 0.141. The van der Waals surface area contributed by atoms with E-state index in [1.54, 1.807) is 18.4 Å². The fourth-order valence-electron chi connectivity index (χ4n) is 1.97. The monoisotopic (exact) mass is 281 g/mol. The summed E-state index contributed by atoms with van der Waals surface area (Å²) in [6.07, 6.45) is 2.55. The zero-order valence-electron chi connectivity index (χ0n) is 11.2. The first-order valence-corrected chi connectivity index (χ1v) is 6.49. The van der Waals surface area contributed by atoms with Gasteiger partial charge in [-0.2, -0.15) is 8.78 Å². The average Bonchev–Trinajstić information content (AvgIpc) is 2.95. The molecule has 0 aliphatic carbocycles. The second kappa shape index (κ2) is 7.05. The lowest BCUT2D eigenvalue weighted by atomic mass is 10.1. The lowest BCUT2D eigenvalue weighted by Gasteiger charge is -2.14. The second-order valence-corrected chi connectivity index (χ2v) is 4.38. The van der Waals surface area contributed by atoms with Crippen LogP contribution in [0.5, 0.6) is 5.75 Å². The van der Waals surface area contributed by atoms with E-state index in [1.807, 2.05) is 12.1 Å². The fraction of sp³-hybridized carbons (Fsp3) is 0.333. The third kappa shape index (κ3) is 4.06. The van der Waals surface area contributed by atoms with Gasteiger partial charge in [0.05, 0.1) is 12.3 Å². The van der Waals surface area contributed by atoms with Gasteiger partial charge in [0.1, 0.15) is 11.5 Å². The molecular weight excluding hydrogens is 264 g/mol. The molecule has 0 aliphatic heterocycles. The van der Waals surface area contributed by atoms with E-state index in [4.69, 9.17) is 4.42 Å². The van der Waals surface area contributed by atoms with Gasteiger partial charge in [-0.05, 0) is 36.2 Å². The Hall–Kier alpha value is -1.88. The molecule has 0 saturated carbocycles. The Kier molecular flexibility index (Phi) is 5.12. The van der Waals surface area contributed by atoms with Crippen LogP contribution in [-0.4, -0.2) is 6.61 Å². The number of halogens is 2. The number of hydrogen-bond acceptors (Lipinski definition) is 3. The molecule has 0 radical (unpaired) electrons. The molecule has 1 N–H and O–H groups in total. The van der Waals surface area contributed by atoms with Gasteiger partial charge >= 0.3 is 6.61 Å². The second-order valence-electron chi connectivity index (χ2n) is 4.38. The van der Waals surface area contributed by atoms with Crippen LogP contribution in [0.25, 0.3) is 0 Å². The van der Waals surface area contributed by atoms with Crippen molar-refractivity contribution >= 4 is 0 Å². The van der Waals surface area contributed by atoms with E-state index in [1.165, 1.54) is 12.1 Å². The smallest absolute Gasteiger partial charge is 0.387 e. The first-order chi connectivity index (χ1) is 9.69. The highest BCUT2D eigenvalue weighted by Gasteiger charge is 2.11. The number of ether oxygens (including phenoxy) is 1. The largest absolute Gasteiger partial charge is 0.468 e. The van der Waals surface area contributed by atoms with Crippen LogP contribution in [0, 0.1) is 0 Å². The first kappa shape index (κ1) is 14.5. The fourth-order valence-corrected chi connectivity index (χ4v) is 1.97. The van der Waals surface area contributed by atoms with Crippen molar-refractivity contribution in [3.05, 3.63) is 54.0 Å². The molecule has 0 bridgehead atoms. The highest BCUT2D eigenvalue weighted by molar-refractivity contribution is 5.27. The molecule has 20 heavy (non-hydrogen) atoms. The molecular formula is C15H17F2NO2. The molecule has 2 rings (SSSR count). The molecule has 0 aliphatic rings. The standard InChI is InChI=1S/C15H17F2NO2/c1-2-13(14-4-3-9-19-14)18-10-11-5-7-12(8-6-11)20-15(16)17/h3-9,13,15,18H,2,10H2,1H3. The Labute approximate surface area is 116 Å². The van der Waals surface area contributed by atoms with Crippen molar-refractivity contribution in [3.63, 3.8) is 0 Å². The van der Waals surface area contributed by atoms with Gasteiger partial charge in [-0.1, -0.05) is 19.1 Å². The van der Waals surface area contributed by atoms with Gasteiger partial charge in [0.25, 0.3) is 0 Å².